The van der Waals surface area contributed by atoms with Crippen molar-refractivity contribution in [1.82, 2.24) is 9.97 Å². The van der Waals surface area contributed by atoms with Crippen LogP contribution in [0.15, 0.2) is 18.2 Å². The Labute approximate surface area is 211 Å². The number of ketones is 1. The zero-order valence-electron chi connectivity index (χ0n) is 18.5. The normalized spacial score (nSPS) is 26.1. The molecule has 1 unspecified atom stereocenters. The third-order valence-corrected chi connectivity index (χ3v) is 10.2. The fourth-order valence-electron chi connectivity index (χ4n) is 4.90. The van der Waals surface area contributed by atoms with Crippen molar-refractivity contribution in [2.75, 3.05) is 11.2 Å². The van der Waals surface area contributed by atoms with Crippen molar-refractivity contribution in [2.45, 2.75) is 54.9 Å². The number of hydrogen-bond donors (Lipinski definition) is 0. The van der Waals surface area contributed by atoms with E-state index < -0.39 is 23.3 Å². The van der Waals surface area contributed by atoms with Gasteiger partial charge in [-0.05, 0) is 0 Å². The van der Waals surface area contributed by atoms with E-state index in [9.17, 15) is 18.0 Å². The second kappa shape index (κ2) is 9.46. The van der Waals surface area contributed by atoms with Crippen LogP contribution in [0.2, 0.25) is 5.28 Å². The average molecular weight is 606 g/mol. The van der Waals surface area contributed by atoms with Gasteiger partial charge in [0, 0.05) is 0 Å². The van der Waals surface area contributed by atoms with E-state index in [4.69, 9.17) is 16.3 Å². The molecular weight excluding hydrogens is 582 g/mol. The van der Waals surface area contributed by atoms with Crippen LogP contribution in [0.1, 0.15) is 55.0 Å². The molecule has 5 nitrogen and oxygen atoms in total. The van der Waals surface area contributed by atoms with E-state index >= 15 is 0 Å². The van der Waals surface area contributed by atoms with Crippen LogP contribution in [0.5, 0.6) is 0 Å². The van der Waals surface area contributed by atoms with Crippen LogP contribution in [-0.4, -0.2) is 41.7 Å². The number of fused-ring (bicyclic) bond motifs is 1. The number of Topliss-reactive ketones (excluding diaryl/α,β-unsaturated/α-hetero) is 1. The van der Waals surface area contributed by atoms with E-state index in [1.54, 1.807) is 17.7 Å². The summed E-state index contributed by atoms with van der Waals surface area (Å²) in [7, 11) is 0. The number of benzene rings is 1. The SMILES string of the molecule is C[C@]1(c2cccc(C(F)F)c2F)C=[N+]1c1nc(Cl)nc2c1CC(CCC(=O)[C@H]1CCOC[I-]1)C2. The molecule has 0 saturated carbocycles. The molecule has 1 saturated heterocycles. The molecule has 0 N–H and O–H groups in total. The number of nitrogens with zero attached hydrogens (tertiary/aromatic N) is 3. The molecule has 3 aliphatic rings. The molecule has 5 rings (SSSR count). The minimum atomic E-state index is -2.89. The van der Waals surface area contributed by atoms with Crippen molar-refractivity contribution in [1.29, 1.82) is 0 Å². The van der Waals surface area contributed by atoms with Crippen LogP contribution in [-0.2, 0) is 27.9 Å². The van der Waals surface area contributed by atoms with Crippen molar-refractivity contribution >= 4 is 29.4 Å². The van der Waals surface area contributed by atoms with E-state index in [0.717, 1.165) is 34.8 Å². The Kier molecular flexibility index (Phi) is 6.71. The van der Waals surface area contributed by atoms with Gasteiger partial charge in [-0.1, -0.05) is 12.1 Å². The first-order chi connectivity index (χ1) is 16.3. The summed E-state index contributed by atoms with van der Waals surface area (Å²) >= 11 is 6.00. The summed E-state index contributed by atoms with van der Waals surface area (Å²) in [4.78, 5) is 21.5. The van der Waals surface area contributed by atoms with Crippen LogP contribution >= 0.6 is 11.6 Å². The van der Waals surface area contributed by atoms with Crippen LogP contribution in [0.25, 0.3) is 0 Å². The van der Waals surface area contributed by atoms with Crippen LogP contribution in [0.4, 0.5) is 19.0 Å². The summed E-state index contributed by atoms with van der Waals surface area (Å²) in [6.45, 7) is 2.44. The first-order valence-corrected chi connectivity index (χ1v) is 14.4. The molecule has 3 heterocycles. The van der Waals surface area contributed by atoms with Gasteiger partial charge >= 0.3 is 174 Å². The van der Waals surface area contributed by atoms with E-state index in [-0.39, 0.29) is 41.9 Å². The molecule has 2 aliphatic heterocycles. The maximum absolute atomic E-state index is 14.9. The quantitative estimate of drug-likeness (QED) is 0.209. The van der Waals surface area contributed by atoms with Gasteiger partial charge < -0.3 is 0 Å². The van der Waals surface area contributed by atoms with E-state index in [2.05, 4.69) is 9.97 Å². The minimum absolute atomic E-state index is 0.0990. The first-order valence-electron chi connectivity index (χ1n) is 11.2. The summed E-state index contributed by atoms with van der Waals surface area (Å²) in [5, 5.41) is 0.0990. The summed E-state index contributed by atoms with van der Waals surface area (Å²) in [6.07, 6.45) is 2.47. The number of halogens is 5. The maximum atomic E-state index is 14.9. The number of carbonyl (C=O) groups is 1. The molecule has 1 aromatic carbocycles. The number of alkyl halides is 4. The molecule has 34 heavy (non-hydrogen) atoms. The molecule has 1 aliphatic carbocycles. The fraction of sp³-hybridized carbons (Fsp3) is 0.500. The van der Waals surface area contributed by atoms with Gasteiger partial charge in [-0.25, -0.2) is 13.2 Å². The number of carbonyl (C=O) groups excluding carboxylic acids is 1. The van der Waals surface area contributed by atoms with Gasteiger partial charge in [-0.15, -0.1) is 0 Å². The Balaban J connectivity index is 1.33. The predicted molar refractivity (Wildman–Crippen MR) is 116 cm³/mol. The summed E-state index contributed by atoms with van der Waals surface area (Å²) in [6, 6.07) is 4.07. The zero-order chi connectivity index (χ0) is 24.0. The predicted octanol–water partition coefficient (Wildman–Crippen LogP) is 1.75. The first kappa shape index (κ1) is 24.1. The zero-order valence-corrected chi connectivity index (χ0v) is 21.5. The summed E-state index contributed by atoms with van der Waals surface area (Å²) < 4.78 is 49.5. The monoisotopic (exact) mass is 605 g/mol. The van der Waals surface area contributed by atoms with E-state index in [1.807, 2.05) is 0 Å². The Bertz CT molecular complexity index is 1170. The Morgan fingerprint density at radius 1 is 1.35 bits per heavy atom. The molecule has 0 bridgehead atoms. The molecule has 0 amide bonds. The number of aromatic nitrogens is 2. The van der Waals surface area contributed by atoms with Gasteiger partial charge in [-0.3, -0.25) is 0 Å². The number of hydrogen-bond acceptors (Lipinski definition) is 4. The second-order valence-electron chi connectivity index (χ2n) is 9.10. The molecule has 3 atom stereocenters. The van der Waals surface area contributed by atoms with Gasteiger partial charge in [0.05, 0.1) is 5.56 Å². The van der Waals surface area contributed by atoms with Gasteiger partial charge in [-0.2, -0.15) is 0 Å². The topological polar surface area (TPSA) is 55.1 Å². The summed E-state index contributed by atoms with van der Waals surface area (Å²) in [5.74, 6) is 0.289. The summed E-state index contributed by atoms with van der Waals surface area (Å²) in [5.41, 5.74) is 0.442. The van der Waals surface area contributed by atoms with Crippen molar-refractivity contribution < 1.29 is 48.5 Å². The molecular formula is C24H24ClF3IN3O2. The third kappa shape index (κ3) is 4.51. The number of rotatable bonds is 7. The van der Waals surface area contributed by atoms with Gasteiger partial charge in [0.15, 0.2) is 0 Å². The van der Waals surface area contributed by atoms with Crippen molar-refractivity contribution in [3.63, 3.8) is 0 Å². The Morgan fingerprint density at radius 3 is 2.91 bits per heavy atom. The van der Waals surface area contributed by atoms with Gasteiger partial charge in [0.1, 0.15) is 0 Å². The molecule has 182 valence electrons. The molecule has 10 heteroatoms. The molecule has 2 aromatic rings. The van der Waals surface area contributed by atoms with E-state index in [0.29, 0.717) is 37.5 Å². The van der Waals surface area contributed by atoms with Crippen LogP contribution in [0.3, 0.4) is 0 Å². The standard InChI is InChI=1S/C24H24ClF3IN3O2/c1-24(16-4-2-3-14(20(16)26)21(27)28)11-32(24)22-15-9-13(10-18(15)30-23(25)31-22)5-6-19(33)17-7-8-34-12-29-17/h2-4,11,13,17,21H,5-10,12H2,1H3/t13?,17-,24-/m1/s1. The third-order valence-electron chi connectivity index (χ3n) is 6.86. The van der Waals surface area contributed by atoms with Crippen LogP contribution in [0, 0.1) is 11.7 Å². The molecule has 0 spiro atoms. The van der Waals surface area contributed by atoms with E-state index in [1.165, 1.54) is 12.1 Å². The average Bonchev–Trinajstić information content (AvgIpc) is 3.33. The molecule has 0 radical (unpaired) electrons. The molecule has 1 fully saturated rings. The second-order valence-corrected chi connectivity index (χ2v) is 12.5. The van der Waals surface area contributed by atoms with Gasteiger partial charge in [0.2, 0.25) is 0 Å². The van der Waals surface area contributed by atoms with Crippen molar-refractivity contribution in [3.05, 3.63) is 51.7 Å². The number of ether oxygens (including phenoxy) is 1. The van der Waals surface area contributed by atoms with Crippen LogP contribution < -0.4 is 21.2 Å². The van der Waals surface area contributed by atoms with Crippen molar-refractivity contribution in [2.24, 2.45) is 5.92 Å². The fourth-order valence-corrected chi connectivity index (χ4v) is 7.58. The Hall–Kier alpha value is -1.59. The van der Waals surface area contributed by atoms with Gasteiger partial charge in [0.25, 0.3) is 6.43 Å². The molecule has 1 aromatic heterocycles. The van der Waals surface area contributed by atoms with Crippen molar-refractivity contribution in [3.8, 4) is 0 Å². The Morgan fingerprint density at radius 2 is 2.18 bits per heavy atom.